The summed E-state index contributed by atoms with van der Waals surface area (Å²) in [6, 6.07) is 15.4. The van der Waals surface area contributed by atoms with Gasteiger partial charge in [0.25, 0.3) is 5.91 Å². The van der Waals surface area contributed by atoms with E-state index in [2.05, 4.69) is 25.5 Å². The molecule has 4 N–H and O–H groups in total. The number of amides is 1. The molecule has 8 nitrogen and oxygen atoms in total. The van der Waals surface area contributed by atoms with Crippen molar-refractivity contribution in [1.29, 1.82) is 0 Å². The molecule has 1 aromatic heterocycles. The molecule has 0 aliphatic carbocycles. The molecule has 1 aliphatic heterocycles. The number of carbonyl (C=O) groups is 1. The van der Waals surface area contributed by atoms with Crippen LogP contribution in [0.2, 0.25) is 0 Å². The summed E-state index contributed by atoms with van der Waals surface area (Å²) in [6.07, 6.45) is 3.99. The van der Waals surface area contributed by atoms with Crippen LogP contribution in [0.25, 0.3) is 0 Å². The Labute approximate surface area is 187 Å². The van der Waals surface area contributed by atoms with Crippen molar-refractivity contribution in [2.75, 3.05) is 36.9 Å². The third-order valence-corrected chi connectivity index (χ3v) is 5.32. The lowest BCUT2D eigenvalue weighted by Crippen LogP contribution is -2.25. The number of aryl methyl sites for hydroxylation is 1. The Bertz CT molecular complexity index is 1060. The van der Waals surface area contributed by atoms with Gasteiger partial charge in [0, 0.05) is 24.1 Å². The molecule has 8 heteroatoms. The van der Waals surface area contributed by atoms with Crippen molar-refractivity contribution in [1.82, 2.24) is 14.9 Å². The Morgan fingerprint density at radius 2 is 1.88 bits per heavy atom. The van der Waals surface area contributed by atoms with Crippen molar-refractivity contribution in [2.45, 2.75) is 19.8 Å². The number of likely N-dealkylation sites (tertiary alicyclic amines) is 1. The number of ether oxygens (including phenoxy) is 1. The molecule has 166 valence electrons. The molecule has 2 aromatic carbocycles. The van der Waals surface area contributed by atoms with Gasteiger partial charge < -0.3 is 21.1 Å². The van der Waals surface area contributed by atoms with Crippen LogP contribution in [0.1, 0.15) is 28.8 Å². The maximum atomic E-state index is 11.8. The molecule has 1 aliphatic rings. The lowest BCUT2D eigenvalue weighted by Gasteiger charge is -2.15. The molecule has 0 unspecified atom stereocenters. The van der Waals surface area contributed by atoms with Gasteiger partial charge in [0.05, 0.1) is 0 Å². The number of nitrogens with one attached hydrogen (secondary N) is 2. The van der Waals surface area contributed by atoms with Gasteiger partial charge in [-0.2, -0.15) is 4.98 Å². The molecule has 2 heterocycles. The molecular weight excluding hydrogens is 404 g/mol. The number of hydrogen-bond donors (Lipinski definition) is 3. The highest BCUT2D eigenvalue weighted by molar-refractivity contribution is 5.98. The summed E-state index contributed by atoms with van der Waals surface area (Å²) in [5.41, 5.74) is 8.43. The van der Waals surface area contributed by atoms with Gasteiger partial charge in [0.15, 0.2) is 0 Å². The van der Waals surface area contributed by atoms with Crippen LogP contribution in [0.3, 0.4) is 0 Å². The van der Waals surface area contributed by atoms with Crippen LogP contribution in [0.15, 0.2) is 54.7 Å². The largest absolute Gasteiger partial charge is 0.492 e. The summed E-state index contributed by atoms with van der Waals surface area (Å²) in [7, 11) is 0. The summed E-state index contributed by atoms with van der Waals surface area (Å²) in [5.74, 6) is 0.930. The molecule has 0 radical (unpaired) electrons. The second kappa shape index (κ2) is 10.1. The minimum atomic E-state index is -0.595. The Kier molecular flexibility index (Phi) is 6.81. The molecule has 0 atom stereocenters. The topological polar surface area (TPSA) is 105 Å². The van der Waals surface area contributed by atoms with E-state index in [1.165, 1.54) is 32.1 Å². The van der Waals surface area contributed by atoms with Crippen LogP contribution in [0.4, 0.5) is 23.1 Å². The van der Waals surface area contributed by atoms with Crippen molar-refractivity contribution < 1.29 is 9.53 Å². The zero-order chi connectivity index (χ0) is 22.3. The second-order valence-electron chi connectivity index (χ2n) is 7.86. The maximum Gasteiger partial charge on any atom is 0.254 e. The summed E-state index contributed by atoms with van der Waals surface area (Å²) in [4.78, 5) is 22.9. The highest BCUT2D eigenvalue weighted by Gasteiger charge is 2.13. The van der Waals surface area contributed by atoms with Crippen LogP contribution in [-0.2, 0) is 0 Å². The predicted molar refractivity (Wildman–Crippen MR) is 126 cm³/mol. The van der Waals surface area contributed by atoms with Crippen LogP contribution in [-0.4, -0.2) is 47.0 Å². The van der Waals surface area contributed by atoms with E-state index in [4.69, 9.17) is 10.5 Å². The number of nitrogens with two attached hydrogens (primary N) is 1. The van der Waals surface area contributed by atoms with Gasteiger partial charge >= 0.3 is 0 Å². The van der Waals surface area contributed by atoms with Crippen molar-refractivity contribution in [3.05, 3.63) is 65.9 Å². The molecule has 4 rings (SSSR count). The number of primary amides is 1. The summed E-state index contributed by atoms with van der Waals surface area (Å²) in [6.45, 7) is 5.96. The van der Waals surface area contributed by atoms with E-state index < -0.39 is 5.91 Å². The predicted octanol–water partition coefficient (Wildman–Crippen LogP) is 3.85. The van der Waals surface area contributed by atoms with Crippen LogP contribution in [0.5, 0.6) is 5.75 Å². The van der Waals surface area contributed by atoms with Crippen molar-refractivity contribution in [3.8, 4) is 5.75 Å². The van der Waals surface area contributed by atoms with Gasteiger partial charge in [-0.3, -0.25) is 9.69 Å². The van der Waals surface area contributed by atoms with Gasteiger partial charge in [0.2, 0.25) is 5.95 Å². The maximum absolute atomic E-state index is 11.8. The minimum absolute atomic E-state index is 0.221. The van der Waals surface area contributed by atoms with Gasteiger partial charge in [-0.1, -0.05) is 12.1 Å². The number of nitrogens with zero attached hydrogens (tertiary/aromatic N) is 3. The molecule has 1 saturated heterocycles. The third kappa shape index (κ3) is 5.73. The van der Waals surface area contributed by atoms with Crippen LogP contribution in [0, 0.1) is 6.92 Å². The lowest BCUT2D eigenvalue weighted by atomic mass is 10.2. The van der Waals surface area contributed by atoms with Crippen molar-refractivity contribution in [2.24, 2.45) is 5.73 Å². The number of hydrogen-bond acceptors (Lipinski definition) is 7. The number of carbonyl (C=O) groups excluding carboxylic acids is 1. The van der Waals surface area contributed by atoms with E-state index in [1.54, 1.807) is 0 Å². The standard InChI is InChI=1S/C24H28N6O2/c1-17-5-4-6-19(15-17)27-23-21(22(25)31)16-26-24(29-23)28-18-7-9-20(10-8-18)32-14-13-30-11-2-3-12-30/h4-10,15-16H,2-3,11-14H2,1H3,(H2,25,31)(H2,26,27,28,29). The first kappa shape index (κ1) is 21.6. The molecule has 1 fully saturated rings. The highest BCUT2D eigenvalue weighted by Crippen LogP contribution is 2.23. The molecule has 0 saturated carbocycles. The molecular formula is C24H28N6O2. The van der Waals surface area contributed by atoms with E-state index in [1.807, 2.05) is 55.5 Å². The summed E-state index contributed by atoms with van der Waals surface area (Å²) < 4.78 is 5.85. The van der Waals surface area contributed by atoms with Crippen LogP contribution >= 0.6 is 0 Å². The van der Waals surface area contributed by atoms with Gasteiger partial charge in [-0.15, -0.1) is 0 Å². The monoisotopic (exact) mass is 432 g/mol. The number of benzene rings is 2. The molecule has 3 aromatic rings. The molecule has 0 spiro atoms. The van der Waals surface area contributed by atoms with E-state index in [0.29, 0.717) is 18.4 Å². The fraction of sp³-hybridized carbons (Fsp3) is 0.292. The Morgan fingerprint density at radius 3 is 2.59 bits per heavy atom. The molecule has 0 bridgehead atoms. The zero-order valence-corrected chi connectivity index (χ0v) is 18.2. The number of aromatic nitrogens is 2. The SMILES string of the molecule is Cc1cccc(Nc2nc(Nc3ccc(OCCN4CCCC4)cc3)ncc2C(N)=O)c1. The molecule has 1 amide bonds. The zero-order valence-electron chi connectivity index (χ0n) is 18.2. The Hall–Kier alpha value is -3.65. The quantitative estimate of drug-likeness (QED) is 0.472. The first-order valence-electron chi connectivity index (χ1n) is 10.8. The fourth-order valence-electron chi connectivity index (χ4n) is 3.64. The van der Waals surface area contributed by atoms with E-state index >= 15 is 0 Å². The van der Waals surface area contributed by atoms with Gasteiger partial charge in [-0.05, 0) is 74.8 Å². The smallest absolute Gasteiger partial charge is 0.254 e. The highest BCUT2D eigenvalue weighted by atomic mass is 16.5. The van der Waals surface area contributed by atoms with Crippen molar-refractivity contribution >= 4 is 29.0 Å². The average Bonchev–Trinajstić information content (AvgIpc) is 3.29. The Morgan fingerprint density at radius 1 is 1.09 bits per heavy atom. The normalized spacial score (nSPS) is 13.7. The first-order chi connectivity index (χ1) is 15.6. The fourth-order valence-corrected chi connectivity index (χ4v) is 3.64. The van der Waals surface area contributed by atoms with E-state index in [9.17, 15) is 4.79 Å². The molecule has 32 heavy (non-hydrogen) atoms. The Balaban J connectivity index is 1.41. The third-order valence-electron chi connectivity index (χ3n) is 5.32. The van der Waals surface area contributed by atoms with Crippen molar-refractivity contribution in [3.63, 3.8) is 0 Å². The number of rotatable bonds is 9. The van der Waals surface area contributed by atoms with Gasteiger partial charge in [-0.25, -0.2) is 4.98 Å². The lowest BCUT2D eigenvalue weighted by molar-refractivity contribution is 0.100. The summed E-state index contributed by atoms with van der Waals surface area (Å²) >= 11 is 0. The van der Waals surface area contributed by atoms with E-state index in [-0.39, 0.29) is 5.56 Å². The average molecular weight is 433 g/mol. The minimum Gasteiger partial charge on any atom is -0.492 e. The summed E-state index contributed by atoms with van der Waals surface area (Å²) in [5, 5.41) is 6.32. The number of anilines is 4. The first-order valence-corrected chi connectivity index (χ1v) is 10.8. The van der Waals surface area contributed by atoms with Gasteiger partial charge in [0.1, 0.15) is 23.7 Å². The second-order valence-corrected chi connectivity index (χ2v) is 7.86. The van der Waals surface area contributed by atoms with E-state index in [0.717, 1.165) is 29.2 Å². The van der Waals surface area contributed by atoms with Crippen LogP contribution < -0.4 is 21.1 Å².